The number of pyridine rings is 1. The summed E-state index contributed by atoms with van der Waals surface area (Å²) in [4.78, 5) is 43.3. The Hall–Kier alpha value is -2.86. The molecule has 6 nitrogen and oxygen atoms in total. The largest absolute Gasteiger partial charge is 0.392 e. The Balaban J connectivity index is 2.06. The molecule has 0 spiro atoms. The maximum atomic E-state index is 12.9. The SMILES string of the molecule is CC(O)CN1C(=O)C(=O)C(C(=O)c2ccccc2)C1c1cccnc1. The van der Waals surface area contributed by atoms with Crippen molar-refractivity contribution in [2.45, 2.75) is 19.1 Å². The van der Waals surface area contributed by atoms with E-state index in [4.69, 9.17) is 0 Å². The van der Waals surface area contributed by atoms with Gasteiger partial charge in [-0.2, -0.15) is 0 Å². The van der Waals surface area contributed by atoms with Crippen LogP contribution in [-0.2, 0) is 9.59 Å². The van der Waals surface area contributed by atoms with Gasteiger partial charge >= 0.3 is 0 Å². The van der Waals surface area contributed by atoms with E-state index in [0.717, 1.165) is 0 Å². The van der Waals surface area contributed by atoms with Crippen LogP contribution in [0.25, 0.3) is 0 Å². The molecule has 25 heavy (non-hydrogen) atoms. The topological polar surface area (TPSA) is 87.6 Å². The summed E-state index contributed by atoms with van der Waals surface area (Å²) in [7, 11) is 0. The molecular weight excluding hydrogens is 320 g/mol. The molecule has 1 amide bonds. The van der Waals surface area contributed by atoms with E-state index in [1.807, 2.05) is 0 Å². The lowest BCUT2D eigenvalue weighted by Gasteiger charge is -2.27. The summed E-state index contributed by atoms with van der Waals surface area (Å²) in [6.45, 7) is 1.51. The third-order valence-corrected chi connectivity index (χ3v) is 4.23. The number of hydrogen-bond donors (Lipinski definition) is 1. The number of likely N-dealkylation sites (tertiary alicyclic amines) is 1. The monoisotopic (exact) mass is 338 g/mol. The lowest BCUT2D eigenvalue weighted by molar-refractivity contribution is -0.141. The molecule has 0 aliphatic carbocycles. The summed E-state index contributed by atoms with van der Waals surface area (Å²) in [6.07, 6.45) is 2.30. The number of aliphatic hydroxyl groups excluding tert-OH is 1. The van der Waals surface area contributed by atoms with Crippen molar-refractivity contribution in [2.75, 3.05) is 6.54 Å². The fraction of sp³-hybridized carbons (Fsp3) is 0.263. The van der Waals surface area contributed by atoms with Crippen LogP contribution in [0.4, 0.5) is 0 Å². The van der Waals surface area contributed by atoms with Gasteiger partial charge in [-0.15, -0.1) is 0 Å². The molecule has 1 fully saturated rings. The molecule has 128 valence electrons. The normalized spacial score (nSPS) is 21.4. The zero-order valence-electron chi connectivity index (χ0n) is 13.7. The summed E-state index contributed by atoms with van der Waals surface area (Å²) in [5, 5.41) is 9.72. The van der Waals surface area contributed by atoms with Crippen LogP contribution >= 0.6 is 0 Å². The Bertz CT molecular complexity index is 790. The minimum atomic E-state index is -1.14. The molecule has 2 aromatic rings. The van der Waals surface area contributed by atoms with Crippen LogP contribution in [-0.4, -0.2) is 45.1 Å². The van der Waals surface area contributed by atoms with E-state index in [1.165, 1.54) is 18.0 Å². The Morgan fingerprint density at radius 2 is 1.92 bits per heavy atom. The first-order valence-electron chi connectivity index (χ1n) is 8.02. The van der Waals surface area contributed by atoms with Crippen LogP contribution in [0, 0.1) is 5.92 Å². The number of Topliss-reactive ketones (excluding diaryl/α,β-unsaturated/α-hetero) is 2. The number of aliphatic hydroxyl groups is 1. The van der Waals surface area contributed by atoms with Gasteiger partial charge in [0, 0.05) is 24.5 Å². The number of amides is 1. The van der Waals surface area contributed by atoms with Crippen LogP contribution in [0.1, 0.15) is 28.9 Å². The van der Waals surface area contributed by atoms with Crippen LogP contribution in [0.3, 0.4) is 0 Å². The molecule has 0 saturated carbocycles. The number of aromatic nitrogens is 1. The summed E-state index contributed by atoms with van der Waals surface area (Å²) in [5.74, 6) is -3.04. The molecule has 1 aromatic carbocycles. The highest BCUT2D eigenvalue weighted by molar-refractivity contribution is 6.44. The minimum absolute atomic E-state index is 0.0251. The highest BCUT2D eigenvalue weighted by atomic mass is 16.3. The number of rotatable bonds is 5. The van der Waals surface area contributed by atoms with E-state index >= 15 is 0 Å². The number of carbonyl (C=O) groups excluding carboxylic acids is 3. The van der Waals surface area contributed by atoms with Crippen molar-refractivity contribution in [3.05, 3.63) is 66.0 Å². The molecule has 1 aliphatic rings. The zero-order chi connectivity index (χ0) is 18.0. The highest BCUT2D eigenvalue weighted by Crippen LogP contribution is 2.37. The number of ketones is 2. The summed E-state index contributed by atoms with van der Waals surface area (Å²) < 4.78 is 0. The van der Waals surface area contributed by atoms with Crippen molar-refractivity contribution < 1.29 is 19.5 Å². The van der Waals surface area contributed by atoms with E-state index in [9.17, 15) is 19.5 Å². The van der Waals surface area contributed by atoms with Crippen LogP contribution in [0.5, 0.6) is 0 Å². The lowest BCUT2D eigenvalue weighted by Crippen LogP contribution is -2.36. The molecule has 0 bridgehead atoms. The van der Waals surface area contributed by atoms with Crippen molar-refractivity contribution in [1.82, 2.24) is 9.88 Å². The molecule has 1 aliphatic heterocycles. The molecule has 3 unspecified atom stereocenters. The van der Waals surface area contributed by atoms with E-state index in [-0.39, 0.29) is 6.54 Å². The number of carbonyl (C=O) groups is 3. The van der Waals surface area contributed by atoms with Gasteiger partial charge in [-0.1, -0.05) is 36.4 Å². The molecule has 0 radical (unpaired) electrons. The molecule has 1 saturated heterocycles. The van der Waals surface area contributed by atoms with Gasteiger partial charge in [-0.3, -0.25) is 19.4 Å². The van der Waals surface area contributed by atoms with E-state index < -0.39 is 35.5 Å². The molecule has 2 heterocycles. The lowest BCUT2D eigenvalue weighted by atomic mass is 9.87. The number of β-amino-alcohol motifs (C(OH)–C–C–N with tert-alkyl or cyclic N) is 1. The van der Waals surface area contributed by atoms with Gasteiger partial charge in [0.2, 0.25) is 5.78 Å². The summed E-state index contributed by atoms with van der Waals surface area (Å²) in [6, 6.07) is 11.1. The fourth-order valence-corrected chi connectivity index (χ4v) is 3.17. The first kappa shape index (κ1) is 17.0. The van der Waals surface area contributed by atoms with Gasteiger partial charge < -0.3 is 10.0 Å². The maximum Gasteiger partial charge on any atom is 0.291 e. The third-order valence-electron chi connectivity index (χ3n) is 4.23. The van der Waals surface area contributed by atoms with Crippen molar-refractivity contribution in [2.24, 2.45) is 5.92 Å². The van der Waals surface area contributed by atoms with Gasteiger partial charge in [0.1, 0.15) is 5.92 Å². The summed E-state index contributed by atoms with van der Waals surface area (Å²) in [5.41, 5.74) is 0.970. The van der Waals surface area contributed by atoms with Gasteiger partial charge in [-0.05, 0) is 18.6 Å². The van der Waals surface area contributed by atoms with Gasteiger partial charge in [0.25, 0.3) is 5.91 Å². The summed E-state index contributed by atoms with van der Waals surface area (Å²) >= 11 is 0. The number of benzene rings is 1. The second-order valence-corrected chi connectivity index (χ2v) is 6.11. The minimum Gasteiger partial charge on any atom is -0.392 e. The van der Waals surface area contributed by atoms with Gasteiger partial charge in [0.15, 0.2) is 5.78 Å². The van der Waals surface area contributed by atoms with Gasteiger partial charge in [-0.25, -0.2) is 0 Å². The fourth-order valence-electron chi connectivity index (χ4n) is 3.17. The smallest absolute Gasteiger partial charge is 0.291 e. The Kier molecular flexibility index (Phi) is 4.72. The quantitative estimate of drug-likeness (QED) is 0.506. The van der Waals surface area contributed by atoms with E-state index in [2.05, 4.69) is 4.98 Å². The maximum absolute atomic E-state index is 12.9. The van der Waals surface area contributed by atoms with Crippen molar-refractivity contribution in [3.8, 4) is 0 Å². The van der Waals surface area contributed by atoms with Crippen LogP contribution in [0.15, 0.2) is 54.9 Å². The first-order chi connectivity index (χ1) is 12.0. The van der Waals surface area contributed by atoms with Crippen molar-refractivity contribution in [3.63, 3.8) is 0 Å². The van der Waals surface area contributed by atoms with Crippen molar-refractivity contribution in [1.29, 1.82) is 0 Å². The Morgan fingerprint density at radius 1 is 1.20 bits per heavy atom. The molecule has 1 N–H and O–H groups in total. The predicted octanol–water partition coefficient (Wildman–Crippen LogP) is 1.41. The zero-order valence-corrected chi connectivity index (χ0v) is 13.7. The second kappa shape index (κ2) is 6.94. The average molecular weight is 338 g/mol. The molecule has 3 rings (SSSR count). The van der Waals surface area contributed by atoms with E-state index in [1.54, 1.807) is 48.7 Å². The van der Waals surface area contributed by atoms with Gasteiger partial charge in [0.05, 0.1) is 12.1 Å². The molecular formula is C19H18N2O4. The molecule has 1 aromatic heterocycles. The number of nitrogens with zero attached hydrogens (tertiary/aromatic N) is 2. The molecule has 3 atom stereocenters. The number of hydrogen-bond acceptors (Lipinski definition) is 5. The van der Waals surface area contributed by atoms with Crippen LogP contribution < -0.4 is 0 Å². The highest BCUT2D eigenvalue weighted by Gasteiger charge is 2.51. The average Bonchev–Trinajstić information content (AvgIpc) is 2.87. The van der Waals surface area contributed by atoms with E-state index in [0.29, 0.717) is 11.1 Å². The Morgan fingerprint density at radius 3 is 2.52 bits per heavy atom. The molecule has 6 heteroatoms. The van der Waals surface area contributed by atoms with Crippen molar-refractivity contribution >= 4 is 17.5 Å². The third kappa shape index (κ3) is 3.21. The standard InChI is InChI=1S/C19H18N2O4/c1-12(22)11-21-16(14-8-5-9-20-10-14)15(18(24)19(21)25)17(23)13-6-3-2-4-7-13/h2-10,12,15-16,22H,11H2,1H3. The first-order valence-corrected chi connectivity index (χ1v) is 8.02. The second-order valence-electron chi connectivity index (χ2n) is 6.11. The predicted molar refractivity (Wildman–Crippen MR) is 89.6 cm³/mol. The Labute approximate surface area is 145 Å². The van der Waals surface area contributed by atoms with Crippen LogP contribution in [0.2, 0.25) is 0 Å².